The molecule has 0 aliphatic carbocycles. The minimum absolute atomic E-state index is 0.0316. The van der Waals surface area contributed by atoms with Crippen LogP contribution >= 0.6 is 0 Å². The van der Waals surface area contributed by atoms with E-state index in [4.69, 9.17) is 0 Å². The first kappa shape index (κ1) is 21.8. The van der Waals surface area contributed by atoms with Gasteiger partial charge in [0, 0.05) is 0 Å². The summed E-state index contributed by atoms with van der Waals surface area (Å²) in [6.07, 6.45) is 0. The van der Waals surface area contributed by atoms with Crippen LogP contribution in [-0.4, -0.2) is 25.1 Å². The van der Waals surface area contributed by atoms with Crippen molar-refractivity contribution in [1.82, 2.24) is 0 Å². The minimum atomic E-state index is -3.56. The zero-order valence-corrected chi connectivity index (χ0v) is 21.6. The summed E-state index contributed by atoms with van der Waals surface area (Å²) in [7, 11) is 0. The first-order chi connectivity index (χ1) is 16.8. The number of anilines is 2. The molecule has 174 valence electrons. The molecule has 5 heteroatoms. The van der Waals surface area contributed by atoms with E-state index in [0.29, 0.717) is 11.1 Å². The zero-order valence-electron chi connectivity index (χ0n) is 19.9. The van der Waals surface area contributed by atoms with E-state index in [0.717, 1.165) is 25.9 Å². The van der Waals surface area contributed by atoms with Crippen molar-refractivity contribution in [3.63, 3.8) is 0 Å². The molecule has 4 aromatic rings. The van der Waals surface area contributed by atoms with Gasteiger partial charge in [0.25, 0.3) is 0 Å². The first-order valence-electron chi connectivity index (χ1n) is 11.7. The van der Waals surface area contributed by atoms with Crippen LogP contribution in [0.15, 0.2) is 103 Å². The van der Waals surface area contributed by atoms with E-state index in [-0.39, 0.29) is 17.2 Å². The van der Waals surface area contributed by atoms with Gasteiger partial charge in [0.15, 0.2) is 0 Å². The van der Waals surface area contributed by atoms with Gasteiger partial charge in [-0.1, -0.05) is 0 Å². The predicted octanol–water partition coefficient (Wildman–Crippen LogP) is 4.86. The average molecular weight is 526 g/mol. The Kier molecular flexibility index (Phi) is 4.79. The molecule has 0 aromatic heterocycles. The van der Waals surface area contributed by atoms with Crippen LogP contribution < -0.4 is 16.8 Å². The fourth-order valence-corrected chi connectivity index (χ4v) is 13.7. The number of hydrogen-bond acceptors (Lipinski definition) is 2. The second-order valence-corrected chi connectivity index (χ2v) is 15.6. The van der Waals surface area contributed by atoms with Gasteiger partial charge < -0.3 is 0 Å². The number of nitrogens with zero attached hydrogens (tertiary/aromatic N) is 2. The number of carbonyl (C=O) groups is 2. The third kappa shape index (κ3) is 2.99. The Hall–Kier alpha value is -3.66. The molecule has 2 aliphatic heterocycles. The van der Waals surface area contributed by atoms with Crippen molar-refractivity contribution < 1.29 is 9.59 Å². The molecule has 0 bridgehead atoms. The Balaban J connectivity index is 1.78. The van der Waals surface area contributed by atoms with Gasteiger partial charge in [0.2, 0.25) is 0 Å². The van der Waals surface area contributed by atoms with Gasteiger partial charge in [-0.3, -0.25) is 0 Å². The molecule has 6 rings (SSSR count). The fraction of sp³-hybridized carbons (Fsp3) is 0.133. The van der Waals surface area contributed by atoms with Crippen molar-refractivity contribution in [2.75, 3.05) is 7.83 Å². The van der Waals surface area contributed by atoms with Gasteiger partial charge in [0.1, 0.15) is 0 Å². The monoisotopic (exact) mass is 526 g/mol. The van der Waals surface area contributed by atoms with Gasteiger partial charge in [-0.2, -0.15) is 0 Å². The van der Waals surface area contributed by atoms with E-state index in [1.54, 1.807) is 0 Å². The molecule has 0 unspecified atom stereocenters. The summed E-state index contributed by atoms with van der Waals surface area (Å²) in [5, 5.41) is 0. The molecule has 0 spiro atoms. The summed E-state index contributed by atoms with van der Waals surface area (Å²) in [5.74, 6) is -0.0633. The molecule has 0 radical (unpaired) electrons. The standard InChI is InChI=1S/C30H26N2O2Se/c1-30(2,3)21-19-25-27-26(20-21)29(34)32(23-15-9-5-10-16-23)35(27,24-17-11-6-12-18-24)31(28(25)33)22-13-7-4-8-14-22/h4-20H,1-3H3. The number of benzene rings is 4. The Morgan fingerprint density at radius 2 is 1.00 bits per heavy atom. The Labute approximate surface area is 208 Å². The molecular formula is C30H26N2O2Se. The number of rotatable bonds is 3. The molecule has 0 saturated carbocycles. The molecule has 2 amide bonds. The molecule has 35 heavy (non-hydrogen) atoms. The zero-order chi connectivity index (χ0) is 24.4. The molecule has 4 aromatic carbocycles. The van der Waals surface area contributed by atoms with E-state index in [2.05, 4.69) is 32.9 Å². The second-order valence-electron chi connectivity index (χ2n) is 9.88. The van der Waals surface area contributed by atoms with Crippen LogP contribution in [0.4, 0.5) is 11.4 Å². The van der Waals surface area contributed by atoms with Crippen LogP contribution in [0.25, 0.3) is 0 Å². The Morgan fingerprint density at radius 3 is 1.40 bits per heavy atom. The van der Waals surface area contributed by atoms with Gasteiger partial charge >= 0.3 is 209 Å². The molecular weight excluding hydrogens is 499 g/mol. The average Bonchev–Trinajstić information content (AvgIpc) is 3.29. The van der Waals surface area contributed by atoms with Crippen LogP contribution in [0.2, 0.25) is 0 Å². The van der Waals surface area contributed by atoms with E-state index >= 15 is 0 Å². The van der Waals surface area contributed by atoms with E-state index in [1.165, 1.54) is 0 Å². The van der Waals surface area contributed by atoms with Crippen molar-refractivity contribution in [2.24, 2.45) is 0 Å². The quantitative estimate of drug-likeness (QED) is 0.359. The summed E-state index contributed by atoms with van der Waals surface area (Å²) in [6, 6.07) is 33.8. The number of amides is 2. The summed E-state index contributed by atoms with van der Waals surface area (Å²) in [6.45, 7) is 6.36. The van der Waals surface area contributed by atoms with Crippen LogP contribution in [0.3, 0.4) is 0 Å². The van der Waals surface area contributed by atoms with Crippen molar-refractivity contribution in [3.8, 4) is 0 Å². The summed E-state index contributed by atoms with van der Waals surface area (Å²) in [5.41, 5.74) is 3.74. The van der Waals surface area contributed by atoms with Crippen molar-refractivity contribution >= 4 is 45.4 Å². The fourth-order valence-electron chi connectivity index (χ4n) is 5.01. The second kappa shape index (κ2) is 7.67. The van der Waals surface area contributed by atoms with Crippen molar-refractivity contribution in [1.29, 1.82) is 0 Å². The van der Waals surface area contributed by atoms with Crippen LogP contribution in [0.5, 0.6) is 0 Å². The van der Waals surface area contributed by atoms with Gasteiger partial charge in [-0.25, -0.2) is 0 Å². The summed E-state index contributed by atoms with van der Waals surface area (Å²) >= 11 is -3.56. The molecule has 0 saturated heterocycles. The molecule has 2 heterocycles. The van der Waals surface area contributed by atoms with E-state index < -0.39 is 13.3 Å². The number of carbonyl (C=O) groups excluding carboxylic acids is 2. The van der Waals surface area contributed by atoms with Crippen molar-refractivity contribution in [2.45, 2.75) is 26.2 Å². The van der Waals surface area contributed by atoms with Gasteiger partial charge in [0.05, 0.1) is 0 Å². The molecule has 4 nitrogen and oxygen atoms in total. The number of para-hydroxylation sites is 2. The first-order valence-corrected chi connectivity index (χ1v) is 15.0. The summed E-state index contributed by atoms with van der Waals surface area (Å²) in [4.78, 5) is 28.7. The Morgan fingerprint density at radius 1 is 0.600 bits per heavy atom. The van der Waals surface area contributed by atoms with E-state index in [1.807, 2.05) is 98.8 Å². The molecule has 0 atom stereocenters. The molecule has 0 fully saturated rings. The topological polar surface area (TPSA) is 40.6 Å². The van der Waals surface area contributed by atoms with Gasteiger partial charge in [-0.15, -0.1) is 0 Å². The maximum absolute atomic E-state index is 14.4. The third-order valence-corrected chi connectivity index (χ3v) is 14.5. The van der Waals surface area contributed by atoms with Crippen LogP contribution in [0, 0.1) is 0 Å². The summed E-state index contributed by atoms with van der Waals surface area (Å²) < 4.78 is 5.87. The normalized spacial score (nSPS) is 17.0. The van der Waals surface area contributed by atoms with E-state index in [9.17, 15) is 9.59 Å². The SMILES string of the molecule is CC(C)(C)c1cc2c3c(c1)C(=O)N(c1ccccc1)[Se]3(c1ccccc1)N(c1ccccc1)C2=O. The predicted molar refractivity (Wildman–Crippen MR) is 143 cm³/mol. The molecule has 0 N–H and O–H groups in total. The van der Waals surface area contributed by atoms with Gasteiger partial charge in [-0.05, 0) is 0 Å². The molecule has 2 aliphatic rings. The van der Waals surface area contributed by atoms with Crippen molar-refractivity contribution in [3.05, 3.63) is 120 Å². The van der Waals surface area contributed by atoms with Crippen LogP contribution in [-0.2, 0) is 5.41 Å². The maximum atomic E-state index is 14.4. The van der Waals surface area contributed by atoms with Crippen LogP contribution in [0.1, 0.15) is 47.1 Å². The Bertz CT molecular complexity index is 1380. The third-order valence-electron chi connectivity index (χ3n) is 6.65. The number of hydrogen-bond donors (Lipinski definition) is 0.